The Hall–Kier alpha value is -2.64. The van der Waals surface area contributed by atoms with Crippen LogP contribution in [0.15, 0.2) is 12.7 Å². The third-order valence-corrected chi connectivity index (χ3v) is 12.0. The average molecular weight is 582 g/mol. The third-order valence-electron chi connectivity index (χ3n) is 7.56. The molecule has 0 N–H and O–H groups in total. The van der Waals surface area contributed by atoms with Crippen LogP contribution in [0.4, 0.5) is 15.0 Å². The molecule has 1 amide bonds. The minimum Gasteiger partial charge on any atom is -0.449 e. The molecule has 0 aliphatic carbocycles. The number of halogens is 1. The van der Waals surface area contributed by atoms with E-state index in [1.807, 2.05) is 0 Å². The van der Waals surface area contributed by atoms with Gasteiger partial charge in [0.1, 0.15) is 12.5 Å². The molecule has 0 spiro atoms. The summed E-state index contributed by atoms with van der Waals surface area (Å²) in [6.07, 6.45) is 1.50. The van der Waals surface area contributed by atoms with E-state index in [2.05, 4.69) is 48.8 Å². The Balaban J connectivity index is 1.82. The van der Waals surface area contributed by atoms with Crippen LogP contribution in [0.3, 0.4) is 0 Å². The number of imidazole rings is 1. The maximum Gasteiger partial charge on any atom is 0.418 e. The van der Waals surface area contributed by atoms with Crippen molar-refractivity contribution in [3.8, 4) is 0 Å². The number of hydrogen-bond donors (Lipinski definition) is 0. The van der Waals surface area contributed by atoms with E-state index in [9.17, 15) is 9.59 Å². The standard InChI is InChI=1S/C27H44FN5O6Si/c1-10-12-27(6,7)40(8,9)38-14-18-13-19(28)23(39-18)32-16-31-20-21(32)29-15-30-22(20)33(25(35)36-11-2)17-37-24(34)26(3,4)5/h15-16,18-19,23H,10-14,17H2,1-9H3/t18-,19-,23+/m0/s1. The summed E-state index contributed by atoms with van der Waals surface area (Å²) in [5.41, 5.74) is -0.287. The number of fused-ring (bicyclic) bond motifs is 1. The number of amides is 1. The predicted molar refractivity (Wildman–Crippen MR) is 151 cm³/mol. The monoisotopic (exact) mass is 581 g/mol. The number of carbonyl (C=O) groups is 2. The summed E-state index contributed by atoms with van der Waals surface area (Å²) in [4.78, 5) is 39.1. The van der Waals surface area contributed by atoms with Crippen LogP contribution in [0.1, 0.15) is 74.0 Å². The highest BCUT2D eigenvalue weighted by Crippen LogP contribution is 2.43. The van der Waals surface area contributed by atoms with Gasteiger partial charge in [-0.3, -0.25) is 9.36 Å². The van der Waals surface area contributed by atoms with Gasteiger partial charge in [-0.25, -0.2) is 29.0 Å². The van der Waals surface area contributed by atoms with Gasteiger partial charge in [-0.1, -0.05) is 27.2 Å². The largest absolute Gasteiger partial charge is 0.449 e. The molecule has 224 valence electrons. The number of alkyl halides is 1. The first kappa shape index (κ1) is 31.9. The summed E-state index contributed by atoms with van der Waals surface area (Å²) in [6.45, 7) is 17.8. The molecule has 3 heterocycles. The number of ether oxygens (including phenoxy) is 3. The maximum absolute atomic E-state index is 15.3. The van der Waals surface area contributed by atoms with E-state index < -0.39 is 51.0 Å². The topological polar surface area (TPSA) is 118 Å². The molecule has 13 heteroatoms. The number of anilines is 1. The van der Waals surface area contributed by atoms with E-state index in [-0.39, 0.29) is 35.0 Å². The maximum atomic E-state index is 15.3. The van der Waals surface area contributed by atoms with Gasteiger partial charge >= 0.3 is 12.1 Å². The summed E-state index contributed by atoms with van der Waals surface area (Å²) in [6, 6.07) is 0. The summed E-state index contributed by atoms with van der Waals surface area (Å²) in [5, 5.41) is 0.0781. The highest BCUT2D eigenvalue weighted by molar-refractivity contribution is 6.74. The number of carbonyl (C=O) groups excluding carboxylic acids is 2. The Morgan fingerprint density at radius 3 is 2.48 bits per heavy atom. The number of aromatic nitrogens is 4. The Labute approximate surface area is 236 Å². The average Bonchev–Trinajstić information content (AvgIpc) is 3.45. The van der Waals surface area contributed by atoms with Crippen LogP contribution < -0.4 is 4.90 Å². The minimum absolute atomic E-state index is 0.0723. The van der Waals surface area contributed by atoms with Gasteiger partial charge in [0, 0.05) is 6.42 Å². The summed E-state index contributed by atoms with van der Waals surface area (Å²) in [5.74, 6) is -0.432. The number of esters is 1. The number of nitrogens with zero attached hydrogens (tertiary/aromatic N) is 5. The lowest BCUT2D eigenvalue weighted by Crippen LogP contribution is -2.44. The van der Waals surface area contributed by atoms with Gasteiger partial charge in [0.05, 0.1) is 31.1 Å². The number of hydrogen-bond acceptors (Lipinski definition) is 9. The van der Waals surface area contributed by atoms with Crippen LogP contribution in [0, 0.1) is 5.41 Å². The van der Waals surface area contributed by atoms with E-state index in [0.717, 1.165) is 17.7 Å². The Bertz CT molecular complexity index is 1180. The van der Waals surface area contributed by atoms with Crippen molar-refractivity contribution in [3.05, 3.63) is 12.7 Å². The Morgan fingerprint density at radius 2 is 1.85 bits per heavy atom. The molecular formula is C27H44FN5O6Si. The van der Waals surface area contributed by atoms with Crippen molar-refractivity contribution in [2.75, 3.05) is 24.8 Å². The van der Waals surface area contributed by atoms with E-state index in [1.54, 1.807) is 27.7 Å². The lowest BCUT2D eigenvalue weighted by molar-refractivity contribution is -0.152. The first-order valence-electron chi connectivity index (χ1n) is 13.9. The molecule has 2 aromatic rings. The fourth-order valence-corrected chi connectivity index (χ4v) is 6.29. The van der Waals surface area contributed by atoms with Crippen LogP contribution in [-0.4, -0.2) is 72.1 Å². The summed E-state index contributed by atoms with van der Waals surface area (Å²) < 4.78 is 39.8. The van der Waals surface area contributed by atoms with Gasteiger partial charge in [0.25, 0.3) is 0 Å². The third kappa shape index (κ3) is 6.97. The lowest BCUT2D eigenvalue weighted by Gasteiger charge is -2.39. The first-order chi connectivity index (χ1) is 18.6. The van der Waals surface area contributed by atoms with Crippen molar-refractivity contribution in [1.82, 2.24) is 19.5 Å². The van der Waals surface area contributed by atoms with Crippen molar-refractivity contribution in [2.45, 2.75) is 104 Å². The van der Waals surface area contributed by atoms with Crippen LogP contribution in [0.2, 0.25) is 18.1 Å². The molecule has 1 aliphatic heterocycles. The second-order valence-corrected chi connectivity index (χ2v) is 17.0. The van der Waals surface area contributed by atoms with Crippen LogP contribution >= 0.6 is 0 Å². The molecular weight excluding hydrogens is 537 g/mol. The van der Waals surface area contributed by atoms with Crippen LogP contribution in [0.5, 0.6) is 0 Å². The fraction of sp³-hybridized carbons (Fsp3) is 0.741. The van der Waals surface area contributed by atoms with E-state index in [1.165, 1.54) is 17.2 Å². The normalized spacial score (nSPS) is 20.1. The van der Waals surface area contributed by atoms with Crippen molar-refractivity contribution in [1.29, 1.82) is 0 Å². The quantitative estimate of drug-likeness (QED) is 0.185. The molecule has 1 saturated heterocycles. The molecule has 0 radical (unpaired) electrons. The zero-order valence-electron chi connectivity index (χ0n) is 25.2. The minimum atomic E-state index is -2.07. The lowest BCUT2D eigenvalue weighted by atomic mass is 9.98. The van der Waals surface area contributed by atoms with Gasteiger partial charge in [-0.05, 0) is 52.2 Å². The molecule has 0 saturated carbocycles. The summed E-state index contributed by atoms with van der Waals surface area (Å²) >= 11 is 0. The molecule has 0 bridgehead atoms. The van der Waals surface area contributed by atoms with Gasteiger partial charge in [-0.15, -0.1) is 0 Å². The molecule has 3 rings (SSSR count). The van der Waals surface area contributed by atoms with Crippen molar-refractivity contribution < 1.29 is 32.6 Å². The Kier molecular flexibility index (Phi) is 9.94. The Morgan fingerprint density at radius 1 is 1.15 bits per heavy atom. The highest BCUT2D eigenvalue weighted by Gasteiger charge is 2.43. The zero-order valence-corrected chi connectivity index (χ0v) is 26.2. The molecule has 2 aromatic heterocycles. The molecule has 3 atom stereocenters. The van der Waals surface area contributed by atoms with E-state index >= 15 is 4.39 Å². The molecule has 11 nitrogen and oxygen atoms in total. The number of rotatable bonds is 11. The zero-order chi connectivity index (χ0) is 29.9. The van der Waals surface area contributed by atoms with Gasteiger partial charge in [0.15, 0.2) is 38.3 Å². The van der Waals surface area contributed by atoms with Gasteiger partial charge < -0.3 is 18.6 Å². The van der Waals surface area contributed by atoms with Crippen molar-refractivity contribution in [2.24, 2.45) is 5.41 Å². The molecule has 0 aromatic carbocycles. The smallest absolute Gasteiger partial charge is 0.418 e. The molecule has 1 fully saturated rings. The second kappa shape index (κ2) is 12.5. The predicted octanol–water partition coefficient (Wildman–Crippen LogP) is 5.76. The van der Waals surface area contributed by atoms with Crippen LogP contribution in [0.25, 0.3) is 11.2 Å². The first-order valence-corrected chi connectivity index (χ1v) is 16.8. The SMILES string of the molecule is CCCC(C)(C)[Si](C)(C)OC[C@@H]1C[C@H](F)[C@H](n2cnc3c(N(COC(=O)C(C)(C)C)C(=O)OCC)ncnc32)O1. The fourth-order valence-electron chi connectivity index (χ4n) is 4.44. The molecule has 40 heavy (non-hydrogen) atoms. The summed E-state index contributed by atoms with van der Waals surface area (Å²) in [7, 11) is -2.07. The molecule has 1 aliphatic rings. The van der Waals surface area contributed by atoms with Crippen molar-refractivity contribution >= 4 is 37.4 Å². The van der Waals surface area contributed by atoms with Crippen LogP contribution in [-0.2, 0) is 23.4 Å². The second-order valence-electron chi connectivity index (χ2n) is 12.3. The van der Waals surface area contributed by atoms with Gasteiger partial charge in [-0.2, -0.15) is 0 Å². The van der Waals surface area contributed by atoms with E-state index in [0.29, 0.717) is 6.61 Å². The molecule has 0 unspecified atom stereocenters. The van der Waals surface area contributed by atoms with Crippen molar-refractivity contribution in [3.63, 3.8) is 0 Å². The van der Waals surface area contributed by atoms with E-state index in [4.69, 9.17) is 18.6 Å². The van der Waals surface area contributed by atoms with Gasteiger partial charge in [0.2, 0.25) is 0 Å². The highest BCUT2D eigenvalue weighted by atomic mass is 28.4.